The van der Waals surface area contributed by atoms with E-state index >= 15 is 0 Å². The average molecular weight is 455 g/mol. The molecule has 0 bridgehead atoms. The summed E-state index contributed by atoms with van der Waals surface area (Å²) >= 11 is 0. The van der Waals surface area contributed by atoms with E-state index < -0.39 is 0 Å². The van der Waals surface area contributed by atoms with E-state index in [4.69, 9.17) is 9.73 Å². The maximum absolute atomic E-state index is 12.2. The van der Waals surface area contributed by atoms with Gasteiger partial charge in [0.2, 0.25) is 5.91 Å². The van der Waals surface area contributed by atoms with E-state index in [1.54, 1.807) is 0 Å². The molecule has 2 atom stereocenters. The van der Waals surface area contributed by atoms with E-state index in [0.717, 1.165) is 48.0 Å². The molecule has 2 heterocycles. The van der Waals surface area contributed by atoms with Crippen LogP contribution in [0.2, 0.25) is 0 Å². The summed E-state index contributed by atoms with van der Waals surface area (Å²) in [4.78, 5) is 19.6. The number of fused-ring (bicyclic) bond motifs is 1. The van der Waals surface area contributed by atoms with Gasteiger partial charge in [-0.15, -0.1) is 0 Å². The number of nitrogens with one attached hydrogen (secondary N) is 2. The molecule has 0 aromatic heterocycles. The van der Waals surface area contributed by atoms with Gasteiger partial charge in [0.15, 0.2) is 0 Å². The van der Waals surface area contributed by atoms with E-state index in [0.29, 0.717) is 6.61 Å². The van der Waals surface area contributed by atoms with E-state index in [1.165, 1.54) is 11.1 Å². The summed E-state index contributed by atoms with van der Waals surface area (Å²) in [6, 6.07) is 25.0. The lowest BCUT2D eigenvalue weighted by Crippen LogP contribution is -2.38. The van der Waals surface area contributed by atoms with Crippen molar-refractivity contribution in [1.82, 2.24) is 4.90 Å². The van der Waals surface area contributed by atoms with Gasteiger partial charge >= 0.3 is 0 Å². The minimum absolute atomic E-state index is 0.0208. The molecular formula is C28H30N4O2. The van der Waals surface area contributed by atoms with Crippen molar-refractivity contribution in [2.24, 2.45) is 4.99 Å². The van der Waals surface area contributed by atoms with Gasteiger partial charge in [-0.1, -0.05) is 42.5 Å². The molecule has 0 fully saturated rings. The second-order valence-electron chi connectivity index (χ2n) is 8.83. The average Bonchev–Trinajstić information content (AvgIpc) is 3.23. The summed E-state index contributed by atoms with van der Waals surface area (Å²) in [5, 5.41) is 6.28. The van der Waals surface area contributed by atoms with Crippen LogP contribution in [-0.2, 0) is 17.8 Å². The third-order valence-corrected chi connectivity index (χ3v) is 6.37. The fourth-order valence-electron chi connectivity index (χ4n) is 4.58. The lowest BCUT2D eigenvalue weighted by molar-refractivity contribution is -0.116. The van der Waals surface area contributed by atoms with Gasteiger partial charge in [-0.2, -0.15) is 0 Å². The number of carbonyl (C=O) groups excluding carboxylic acids is 1. The minimum Gasteiger partial charge on any atom is -0.494 e. The predicted molar refractivity (Wildman–Crippen MR) is 137 cm³/mol. The highest BCUT2D eigenvalue weighted by atomic mass is 16.5. The van der Waals surface area contributed by atoms with E-state index in [2.05, 4.69) is 58.0 Å². The summed E-state index contributed by atoms with van der Waals surface area (Å²) in [7, 11) is 0. The maximum atomic E-state index is 12.2. The van der Waals surface area contributed by atoms with Crippen LogP contribution < -0.4 is 15.4 Å². The van der Waals surface area contributed by atoms with Crippen LogP contribution in [0, 0.1) is 0 Å². The van der Waals surface area contributed by atoms with Crippen LogP contribution in [0.15, 0.2) is 77.8 Å². The highest BCUT2D eigenvalue weighted by Gasteiger charge is 2.30. The molecule has 2 aliphatic rings. The van der Waals surface area contributed by atoms with Crippen LogP contribution >= 0.6 is 0 Å². The Hall–Kier alpha value is -3.80. The summed E-state index contributed by atoms with van der Waals surface area (Å²) < 4.78 is 5.60. The molecule has 2 N–H and O–H groups in total. The zero-order valence-corrected chi connectivity index (χ0v) is 19.6. The third kappa shape index (κ3) is 4.62. The smallest absolute Gasteiger partial charge is 0.246 e. The summed E-state index contributed by atoms with van der Waals surface area (Å²) in [6.45, 7) is 6.03. The van der Waals surface area contributed by atoms with Crippen molar-refractivity contribution >= 4 is 23.1 Å². The minimum atomic E-state index is -0.241. The van der Waals surface area contributed by atoms with Crippen LogP contribution in [0.3, 0.4) is 0 Å². The number of carbonyl (C=O) groups is 1. The molecule has 2 aliphatic heterocycles. The number of amides is 1. The number of hydrogen-bond acceptors (Lipinski definition) is 5. The topological polar surface area (TPSA) is 66.0 Å². The molecule has 3 aromatic carbocycles. The molecular weight excluding hydrogens is 424 g/mol. The Kier molecular flexibility index (Phi) is 6.21. The second kappa shape index (κ2) is 9.59. The van der Waals surface area contributed by atoms with Gasteiger partial charge in [-0.25, -0.2) is 0 Å². The number of ether oxygens (including phenoxy) is 1. The Balaban J connectivity index is 1.41. The van der Waals surface area contributed by atoms with Crippen molar-refractivity contribution < 1.29 is 9.53 Å². The fraction of sp³-hybridized carbons (Fsp3) is 0.286. The molecule has 0 radical (unpaired) electrons. The van der Waals surface area contributed by atoms with Crippen molar-refractivity contribution in [2.75, 3.05) is 23.8 Å². The predicted octanol–water partition coefficient (Wildman–Crippen LogP) is 4.71. The van der Waals surface area contributed by atoms with Gasteiger partial charge < -0.3 is 20.3 Å². The number of rotatable bonds is 7. The first-order valence-electron chi connectivity index (χ1n) is 11.9. The van der Waals surface area contributed by atoms with Crippen molar-refractivity contribution in [3.05, 3.63) is 89.5 Å². The number of aliphatic imine (C=N–C) groups is 1. The van der Waals surface area contributed by atoms with Gasteiger partial charge in [0, 0.05) is 12.1 Å². The van der Waals surface area contributed by atoms with Gasteiger partial charge in [0.1, 0.15) is 17.6 Å². The molecule has 5 rings (SSSR count). The highest BCUT2D eigenvalue weighted by Crippen LogP contribution is 2.30. The Bertz CT molecular complexity index is 1190. The molecule has 1 amide bonds. The van der Waals surface area contributed by atoms with Crippen LogP contribution in [0.5, 0.6) is 5.75 Å². The van der Waals surface area contributed by atoms with Crippen LogP contribution in [0.25, 0.3) is 0 Å². The standard InChI is InChI=1S/C28H30N4O2/c1-3-34-24-12-9-20(10-13-24)15-23-17-29-27(32(23)18-21-7-5-4-6-8-21)22-11-14-25-26(16-22)31-28(33)19(2)30-25/h4-14,16,19,23,30H,3,15,17-18H2,1-2H3,(H,31,33). The number of benzene rings is 3. The third-order valence-electron chi connectivity index (χ3n) is 6.37. The van der Waals surface area contributed by atoms with E-state index in [1.807, 2.05) is 44.2 Å². The van der Waals surface area contributed by atoms with Crippen molar-refractivity contribution in [1.29, 1.82) is 0 Å². The number of amidine groups is 1. The molecule has 2 unspecified atom stereocenters. The maximum Gasteiger partial charge on any atom is 0.246 e. The first-order valence-corrected chi connectivity index (χ1v) is 11.9. The quantitative estimate of drug-likeness (QED) is 0.543. The van der Waals surface area contributed by atoms with Gasteiger partial charge in [0.05, 0.1) is 30.6 Å². The molecule has 0 saturated heterocycles. The highest BCUT2D eigenvalue weighted by molar-refractivity contribution is 6.06. The van der Waals surface area contributed by atoms with E-state index in [-0.39, 0.29) is 18.0 Å². The van der Waals surface area contributed by atoms with Crippen molar-refractivity contribution in [3.63, 3.8) is 0 Å². The molecule has 0 spiro atoms. The SMILES string of the molecule is CCOc1ccc(CC2CN=C(c3ccc4c(c3)NC(=O)C(C)N4)N2Cc2ccccc2)cc1. The first kappa shape index (κ1) is 22.0. The van der Waals surface area contributed by atoms with Gasteiger partial charge in [-0.05, 0) is 61.7 Å². The summed E-state index contributed by atoms with van der Waals surface area (Å²) in [5.41, 5.74) is 5.27. The van der Waals surface area contributed by atoms with Crippen LogP contribution in [0.1, 0.15) is 30.5 Å². The van der Waals surface area contributed by atoms with Gasteiger partial charge in [0.25, 0.3) is 0 Å². The molecule has 6 nitrogen and oxygen atoms in total. The molecule has 34 heavy (non-hydrogen) atoms. The molecule has 0 aliphatic carbocycles. The monoisotopic (exact) mass is 454 g/mol. The zero-order chi connectivity index (χ0) is 23.5. The summed E-state index contributed by atoms with van der Waals surface area (Å²) in [6.07, 6.45) is 0.896. The second-order valence-corrected chi connectivity index (χ2v) is 8.83. The molecule has 3 aromatic rings. The summed E-state index contributed by atoms with van der Waals surface area (Å²) in [5.74, 6) is 1.85. The molecule has 0 saturated carbocycles. The first-order chi connectivity index (χ1) is 16.6. The molecule has 174 valence electrons. The Morgan fingerprint density at radius 1 is 1.00 bits per heavy atom. The Morgan fingerprint density at radius 2 is 1.79 bits per heavy atom. The van der Waals surface area contributed by atoms with Gasteiger partial charge in [-0.3, -0.25) is 9.79 Å². The lowest BCUT2D eigenvalue weighted by Gasteiger charge is -2.30. The Labute approximate surface area is 200 Å². The zero-order valence-electron chi connectivity index (χ0n) is 19.6. The fourth-order valence-corrected chi connectivity index (χ4v) is 4.58. The number of nitrogens with zero attached hydrogens (tertiary/aromatic N) is 2. The van der Waals surface area contributed by atoms with Crippen LogP contribution in [-0.4, -0.2) is 41.9 Å². The largest absolute Gasteiger partial charge is 0.494 e. The van der Waals surface area contributed by atoms with Crippen molar-refractivity contribution in [2.45, 2.75) is 38.9 Å². The van der Waals surface area contributed by atoms with Crippen molar-refractivity contribution in [3.8, 4) is 5.75 Å². The Morgan fingerprint density at radius 3 is 2.56 bits per heavy atom. The lowest BCUT2D eigenvalue weighted by atomic mass is 10.0. The van der Waals surface area contributed by atoms with E-state index in [9.17, 15) is 4.79 Å². The normalized spacial score (nSPS) is 19.2. The van der Waals surface area contributed by atoms with Crippen LogP contribution in [0.4, 0.5) is 11.4 Å². The molecule has 6 heteroatoms. The number of anilines is 2. The number of hydrogen-bond donors (Lipinski definition) is 2.